The second-order valence-corrected chi connectivity index (χ2v) is 11.7. The second-order valence-electron chi connectivity index (χ2n) is 9.88. The molecule has 3 aromatic carbocycles. The summed E-state index contributed by atoms with van der Waals surface area (Å²) in [5.74, 6) is 0.854. The second kappa shape index (κ2) is 10.3. The van der Waals surface area contributed by atoms with Crippen LogP contribution < -0.4 is 28.6 Å². The number of hydrogen-bond donors (Lipinski definition) is 1. The molecule has 0 fully saturated rings. The minimum absolute atomic E-state index is 0.0893. The fourth-order valence-electron chi connectivity index (χ4n) is 4.69. The van der Waals surface area contributed by atoms with Crippen LogP contribution in [0.5, 0.6) is 23.0 Å². The first-order valence-electron chi connectivity index (χ1n) is 12.4. The first-order valence-corrected chi connectivity index (χ1v) is 13.8. The van der Waals surface area contributed by atoms with Crippen molar-refractivity contribution < 1.29 is 36.6 Å². The Morgan fingerprint density at radius 2 is 1.74 bits per heavy atom. The molecule has 1 amide bonds. The van der Waals surface area contributed by atoms with E-state index in [2.05, 4.69) is 5.32 Å². The van der Waals surface area contributed by atoms with Gasteiger partial charge < -0.3 is 24.3 Å². The van der Waals surface area contributed by atoms with Gasteiger partial charge in [-0.05, 0) is 62.4 Å². The number of nitrogens with zero attached hydrogens (tertiary/aromatic N) is 1. The predicted molar refractivity (Wildman–Crippen MR) is 142 cm³/mol. The molecule has 0 aliphatic carbocycles. The molecule has 39 heavy (non-hydrogen) atoms. The number of methoxy groups -OCH3 is 1. The summed E-state index contributed by atoms with van der Waals surface area (Å²) in [4.78, 5) is 13.3. The molecule has 1 N–H and O–H groups in total. The van der Waals surface area contributed by atoms with Gasteiger partial charge in [0.25, 0.3) is 10.0 Å². The van der Waals surface area contributed by atoms with Crippen LogP contribution >= 0.6 is 0 Å². The van der Waals surface area contributed by atoms with E-state index in [0.29, 0.717) is 36.0 Å². The van der Waals surface area contributed by atoms with Gasteiger partial charge in [-0.2, -0.15) is 0 Å². The molecular formula is C28H29FN2O7S. The summed E-state index contributed by atoms with van der Waals surface area (Å²) in [5.41, 5.74) is 0.302. The number of hydrogen-bond acceptors (Lipinski definition) is 7. The lowest BCUT2D eigenvalue weighted by Crippen LogP contribution is -2.45. The molecule has 1 unspecified atom stereocenters. The van der Waals surface area contributed by atoms with Crippen molar-refractivity contribution in [3.63, 3.8) is 0 Å². The highest BCUT2D eigenvalue weighted by Gasteiger charge is 2.36. The fraction of sp³-hybridized carbons (Fsp3) is 0.321. The standard InChI is InChI=1S/C28H29FN2O7S/c1-28(2)16-23(22-10-8-20(35-3)14-25(22)38-28)30-27(32)17-31(19-6-4-18(29)5-7-19)39(33,34)21-9-11-24-26(15-21)37-13-12-36-24/h4-11,14-15,23H,12-13,16-17H2,1-3H3,(H,30,32). The summed E-state index contributed by atoms with van der Waals surface area (Å²) in [6, 6.07) is 14.1. The maximum Gasteiger partial charge on any atom is 0.264 e. The lowest BCUT2D eigenvalue weighted by molar-refractivity contribution is -0.120. The van der Waals surface area contributed by atoms with E-state index in [0.717, 1.165) is 22.0 Å². The van der Waals surface area contributed by atoms with Gasteiger partial charge in [-0.1, -0.05) is 0 Å². The van der Waals surface area contributed by atoms with Crippen LogP contribution in [-0.2, 0) is 14.8 Å². The Hall–Kier alpha value is -3.99. The lowest BCUT2D eigenvalue weighted by Gasteiger charge is -2.38. The molecule has 2 heterocycles. The van der Waals surface area contributed by atoms with Crippen LogP contribution in [-0.4, -0.2) is 46.8 Å². The van der Waals surface area contributed by atoms with Gasteiger partial charge in [0.1, 0.15) is 42.7 Å². The molecule has 0 saturated heterocycles. The number of halogens is 1. The first-order chi connectivity index (χ1) is 18.6. The molecule has 206 valence electrons. The van der Waals surface area contributed by atoms with Crippen LogP contribution in [0.2, 0.25) is 0 Å². The Bertz CT molecular complexity index is 1490. The topological polar surface area (TPSA) is 103 Å². The molecule has 0 saturated carbocycles. The molecule has 2 aliphatic heterocycles. The number of carbonyl (C=O) groups is 1. The zero-order chi connectivity index (χ0) is 27.8. The van der Waals surface area contributed by atoms with E-state index in [9.17, 15) is 17.6 Å². The number of fused-ring (bicyclic) bond motifs is 2. The summed E-state index contributed by atoms with van der Waals surface area (Å²) in [6.45, 7) is 3.93. The van der Waals surface area contributed by atoms with Crippen molar-refractivity contribution in [2.24, 2.45) is 0 Å². The van der Waals surface area contributed by atoms with E-state index < -0.39 is 39.9 Å². The number of ether oxygens (including phenoxy) is 4. The molecule has 0 aromatic heterocycles. The minimum atomic E-state index is -4.26. The van der Waals surface area contributed by atoms with Crippen molar-refractivity contribution in [2.45, 2.75) is 36.8 Å². The monoisotopic (exact) mass is 556 g/mol. The minimum Gasteiger partial charge on any atom is -0.497 e. The van der Waals surface area contributed by atoms with Crippen LogP contribution in [0.15, 0.2) is 65.6 Å². The van der Waals surface area contributed by atoms with Gasteiger partial charge in [0.15, 0.2) is 11.5 Å². The SMILES string of the molecule is COc1ccc2c(c1)OC(C)(C)CC2NC(=O)CN(c1ccc(F)cc1)S(=O)(=O)c1ccc2c(c1)OCCO2. The van der Waals surface area contributed by atoms with Gasteiger partial charge in [0.05, 0.1) is 23.7 Å². The van der Waals surface area contributed by atoms with Crippen molar-refractivity contribution >= 4 is 21.6 Å². The summed E-state index contributed by atoms with van der Waals surface area (Å²) < 4.78 is 64.8. The highest BCUT2D eigenvalue weighted by molar-refractivity contribution is 7.92. The summed E-state index contributed by atoms with van der Waals surface area (Å²) in [5, 5.41) is 2.97. The molecule has 11 heteroatoms. The summed E-state index contributed by atoms with van der Waals surface area (Å²) in [7, 11) is -2.70. The average molecular weight is 557 g/mol. The van der Waals surface area contributed by atoms with E-state index in [4.69, 9.17) is 18.9 Å². The molecule has 3 aromatic rings. The maximum atomic E-state index is 13.8. The zero-order valence-corrected chi connectivity index (χ0v) is 22.6. The Kier molecular flexibility index (Phi) is 7.02. The Morgan fingerprint density at radius 3 is 2.46 bits per heavy atom. The Balaban J connectivity index is 1.45. The third kappa shape index (κ3) is 5.58. The van der Waals surface area contributed by atoms with Gasteiger partial charge >= 0.3 is 0 Å². The van der Waals surface area contributed by atoms with Crippen molar-refractivity contribution in [3.05, 3.63) is 72.0 Å². The number of anilines is 1. The van der Waals surface area contributed by atoms with Gasteiger partial charge in [-0.15, -0.1) is 0 Å². The number of rotatable bonds is 7. The van der Waals surface area contributed by atoms with Crippen molar-refractivity contribution in [1.29, 1.82) is 0 Å². The maximum absolute atomic E-state index is 13.8. The lowest BCUT2D eigenvalue weighted by atomic mass is 9.89. The third-order valence-electron chi connectivity index (χ3n) is 6.52. The van der Waals surface area contributed by atoms with Gasteiger partial charge in [0.2, 0.25) is 5.91 Å². The Labute approximate surface area is 226 Å². The predicted octanol–water partition coefficient (Wildman–Crippen LogP) is 4.22. The molecule has 0 bridgehead atoms. The first kappa shape index (κ1) is 26.6. The third-order valence-corrected chi connectivity index (χ3v) is 8.29. The van der Waals surface area contributed by atoms with Crippen LogP contribution in [0.3, 0.4) is 0 Å². The molecular weight excluding hydrogens is 527 g/mol. The van der Waals surface area contributed by atoms with Crippen molar-refractivity contribution in [2.75, 3.05) is 31.2 Å². The normalized spacial score (nSPS) is 17.4. The number of benzene rings is 3. The molecule has 2 aliphatic rings. The summed E-state index contributed by atoms with van der Waals surface area (Å²) >= 11 is 0. The van der Waals surface area contributed by atoms with Gasteiger partial charge in [0, 0.05) is 24.1 Å². The van der Waals surface area contributed by atoms with Crippen LogP contribution in [0.1, 0.15) is 31.9 Å². The largest absolute Gasteiger partial charge is 0.497 e. The zero-order valence-electron chi connectivity index (χ0n) is 21.8. The van der Waals surface area contributed by atoms with Crippen LogP contribution in [0.25, 0.3) is 0 Å². The number of carbonyl (C=O) groups excluding carboxylic acids is 1. The van der Waals surface area contributed by atoms with Gasteiger partial charge in [-0.3, -0.25) is 9.10 Å². The van der Waals surface area contributed by atoms with Gasteiger partial charge in [-0.25, -0.2) is 12.8 Å². The van der Waals surface area contributed by atoms with E-state index in [-0.39, 0.29) is 17.2 Å². The molecule has 0 spiro atoms. The van der Waals surface area contributed by atoms with E-state index in [1.54, 1.807) is 19.2 Å². The van der Waals surface area contributed by atoms with E-state index >= 15 is 0 Å². The van der Waals surface area contributed by atoms with Crippen molar-refractivity contribution in [3.8, 4) is 23.0 Å². The van der Waals surface area contributed by atoms with E-state index in [1.165, 1.54) is 30.3 Å². The van der Waals surface area contributed by atoms with E-state index in [1.807, 2.05) is 19.9 Å². The fourth-order valence-corrected chi connectivity index (χ4v) is 6.13. The number of sulfonamides is 1. The van der Waals surface area contributed by atoms with Crippen molar-refractivity contribution in [1.82, 2.24) is 5.32 Å². The Morgan fingerprint density at radius 1 is 1.03 bits per heavy atom. The molecule has 0 radical (unpaired) electrons. The summed E-state index contributed by atoms with van der Waals surface area (Å²) in [6.07, 6.45) is 0.462. The van der Waals surface area contributed by atoms with Crippen LogP contribution in [0, 0.1) is 5.82 Å². The number of amides is 1. The average Bonchev–Trinajstić information content (AvgIpc) is 2.91. The van der Waals surface area contributed by atoms with Crippen LogP contribution in [0.4, 0.5) is 10.1 Å². The smallest absolute Gasteiger partial charge is 0.264 e. The highest BCUT2D eigenvalue weighted by atomic mass is 32.2. The highest BCUT2D eigenvalue weighted by Crippen LogP contribution is 2.41. The molecule has 5 rings (SSSR count). The number of nitrogens with one attached hydrogen (secondary N) is 1. The molecule has 9 nitrogen and oxygen atoms in total. The molecule has 1 atom stereocenters. The quantitative estimate of drug-likeness (QED) is 0.465.